The van der Waals surface area contributed by atoms with Crippen LogP contribution in [-0.4, -0.2) is 27.1 Å². The van der Waals surface area contributed by atoms with Crippen molar-refractivity contribution in [1.82, 2.24) is 20.4 Å². The van der Waals surface area contributed by atoms with Crippen LogP contribution in [0.15, 0.2) is 84.0 Å². The minimum Gasteiger partial charge on any atom is -0.273 e. The molecule has 146 valence electrons. The third-order valence-electron chi connectivity index (χ3n) is 5.17. The zero-order valence-corrected chi connectivity index (χ0v) is 16.2. The highest BCUT2D eigenvalue weighted by Gasteiger charge is 2.07. The number of amides is 1. The highest BCUT2D eigenvalue weighted by Crippen LogP contribution is 2.27. The zero-order chi connectivity index (χ0) is 20.3. The maximum absolute atomic E-state index is 12.3. The van der Waals surface area contributed by atoms with E-state index in [0.717, 1.165) is 38.1 Å². The molecule has 0 saturated heterocycles. The Bertz CT molecular complexity index is 1350. The lowest BCUT2D eigenvalue weighted by Crippen LogP contribution is -2.19. The third kappa shape index (κ3) is 3.39. The van der Waals surface area contributed by atoms with E-state index >= 15 is 0 Å². The molecule has 1 heterocycles. The Labute approximate surface area is 172 Å². The van der Waals surface area contributed by atoms with E-state index in [0.29, 0.717) is 6.54 Å². The Morgan fingerprint density at radius 2 is 1.60 bits per heavy atom. The van der Waals surface area contributed by atoms with Crippen molar-refractivity contribution in [2.75, 3.05) is 0 Å². The Kier molecular flexibility index (Phi) is 4.65. The Morgan fingerprint density at radius 1 is 0.933 bits per heavy atom. The summed E-state index contributed by atoms with van der Waals surface area (Å²) in [6.45, 7) is 0.444. The lowest BCUT2D eigenvalue weighted by molar-refractivity contribution is -0.121. The molecule has 30 heavy (non-hydrogen) atoms. The second kappa shape index (κ2) is 7.75. The van der Waals surface area contributed by atoms with Gasteiger partial charge in [-0.25, -0.2) is 10.1 Å². The Balaban J connectivity index is 1.34. The minimum absolute atomic E-state index is 0.171. The van der Waals surface area contributed by atoms with Gasteiger partial charge in [0.25, 0.3) is 0 Å². The van der Waals surface area contributed by atoms with Crippen LogP contribution in [0.25, 0.3) is 32.6 Å². The average molecular weight is 393 g/mol. The summed E-state index contributed by atoms with van der Waals surface area (Å²) in [5.74, 6) is -0.171. The molecule has 1 N–H and O–H groups in total. The first-order valence-corrected chi connectivity index (χ1v) is 9.80. The molecule has 0 aliphatic rings. The highest BCUT2D eigenvalue weighted by atomic mass is 16.2. The van der Waals surface area contributed by atoms with Gasteiger partial charge in [0.1, 0.15) is 5.52 Å². The number of carbonyl (C=O) groups excluding carboxylic acids is 1. The fraction of sp³-hybridized carbons (Fsp3) is 0.0833. The predicted octanol–water partition coefficient (Wildman–Crippen LogP) is 4.28. The second-order valence-corrected chi connectivity index (χ2v) is 7.08. The summed E-state index contributed by atoms with van der Waals surface area (Å²) in [5.41, 5.74) is 5.36. The smallest absolute Gasteiger partial charge is 0.241 e. The standard InChI is InChI=1S/C24H19N5O/c30-24(13-14-29-23-12-6-5-11-22(23)26-28-29)27-25-16-21-19-9-3-1-7-17(19)15-18-8-2-4-10-20(18)21/h1-12,15-16H,13-14H2,(H,27,30)/b25-16-. The van der Waals surface area contributed by atoms with Gasteiger partial charge in [0, 0.05) is 12.0 Å². The van der Waals surface area contributed by atoms with Crippen LogP contribution in [0, 0.1) is 0 Å². The predicted molar refractivity (Wildman–Crippen MR) is 119 cm³/mol. The monoisotopic (exact) mass is 393 g/mol. The van der Waals surface area contributed by atoms with Crippen molar-refractivity contribution >= 4 is 44.7 Å². The lowest BCUT2D eigenvalue weighted by atomic mass is 9.97. The molecule has 0 saturated carbocycles. The summed E-state index contributed by atoms with van der Waals surface area (Å²) in [6.07, 6.45) is 1.99. The van der Waals surface area contributed by atoms with Crippen molar-refractivity contribution in [3.05, 3.63) is 84.4 Å². The number of hydrazone groups is 1. The summed E-state index contributed by atoms with van der Waals surface area (Å²) in [7, 11) is 0. The number of aryl methyl sites for hydroxylation is 1. The zero-order valence-electron chi connectivity index (χ0n) is 16.2. The molecular weight excluding hydrogens is 374 g/mol. The number of fused-ring (bicyclic) bond motifs is 3. The number of nitrogens with one attached hydrogen (secondary N) is 1. The van der Waals surface area contributed by atoms with Crippen molar-refractivity contribution in [3.63, 3.8) is 0 Å². The first-order chi connectivity index (χ1) is 14.8. The molecule has 5 rings (SSSR count). The van der Waals surface area contributed by atoms with E-state index in [-0.39, 0.29) is 12.3 Å². The van der Waals surface area contributed by atoms with Crippen LogP contribution in [0.1, 0.15) is 12.0 Å². The van der Waals surface area contributed by atoms with E-state index in [1.165, 1.54) is 0 Å². The summed E-state index contributed by atoms with van der Waals surface area (Å²) in [5, 5.41) is 16.9. The number of para-hydroxylation sites is 1. The van der Waals surface area contributed by atoms with Crippen LogP contribution in [-0.2, 0) is 11.3 Å². The largest absolute Gasteiger partial charge is 0.273 e. The molecule has 0 fully saturated rings. The first kappa shape index (κ1) is 18.0. The van der Waals surface area contributed by atoms with Crippen molar-refractivity contribution < 1.29 is 4.79 Å². The van der Waals surface area contributed by atoms with Gasteiger partial charge in [-0.3, -0.25) is 4.79 Å². The quantitative estimate of drug-likeness (QED) is 0.275. The number of benzene rings is 4. The summed E-state index contributed by atoms with van der Waals surface area (Å²) < 4.78 is 1.73. The van der Waals surface area contributed by atoms with E-state index in [2.05, 4.69) is 51.2 Å². The van der Waals surface area contributed by atoms with E-state index in [1.54, 1.807) is 10.9 Å². The van der Waals surface area contributed by atoms with Crippen LogP contribution >= 0.6 is 0 Å². The molecule has 0 atom stereocenters. The third-order valence-corrected chi connectivity index (χ3v) is 5.17. The Hall–Kier alpha value is -4.06. The number of hydrogen-bond acceptors (Lipinski definition) is 4. The van der Waals surface area contributed by atoms with E-state index in [4.69, 9.17) is 0 Å². The first-order valence-electron chi connectivity index (χ1n) is 9.80. The molecule has 1 aromatic heterocycles. The topological polar surface area (TPSA) is 72.2 Å². The van der Waals surface area contributed by atoms with Gasteiger partial charge in [0.2, 0.25) is 5.91 Å². The molecule has 4 aromatic carbocycles. The van der Waals surface area contributed by atoms with Crippen molar-refractivity contribution in [2.24, 2.45) is 5.10 Å². The average Bonchev–Trinajstić information content (AvgIpc) is 3.20. The molecule has 6 heteroatoms. The molecule has 5 aromatic rings. The number of hydrogen-bond donors (Lipinski definition) is 1. The van der Waals surface area contributed by atoms with Crippen molar-refractivity contribution in [1.29, 1.82) is 0 Å². The summed E-state index contributed by atoms with van der Waals surface area (Å²) in [4.78, 5) is 12.3. The SMILES string of the molecule is O=C(CCn1nnc2ccccc21)N/N=C\c1c2ccccc2cc2ccccc12. The van der Waals surface area contributed by atoms with E-state index < -0.39 is 0 Å². The van der Waals surface area contributed by atoms with Gasteiger partial charge in [-0.05, 0) is 39.7 Å². The summed E-state index contributed by atoms with van der Waals surface area (Å²) >= 11 is 0. The van der Waals surface area contributed by atoms with E-state index in [9.17, 15) is 4.79 Å². The number of rotatable bonds is 5. The molecule has 0 bridgehead atoms. The minimum atomic E-state index is -0.171. The second-order valence-electron chi connectivity index (χ2n) is 7.08. The molecule has 0 spiro atoms. The van der Waals surface area contributed by atoms with Crippen LogP contribution in [0.5, 0.6) is 0 Å². The fourth-order valence-electron chi connectivity index (χ4n) is 3.70. The molecule has 0 radical (unpaired) electrons. The van der Waals surface area contributed by atoms with Gasteiger partial charge in [0.15, 0.2) is 0 Å². The summed E-state index contributed by atoms with van der Waals surface area (Å²) in [6, 6.07) is 26.2. The van der Waals surface area contributed by atoms with Crippen molar-refractivity contribution in [3.8, 4) is 0 Å². The molecule has 6 nitrogen and oxygen atoms in total. The van der Waals surface area contributed by atoms with Gasteiger partial charge >= 0.3 is 0 Å². The molecular formula is C24H19N5O. The van der Waals surface area contributed by atoms with Gasteiger partial charge in [-0.2, -0.15) is 5.10 Å². The van der Waals surface area contributed by atoms with Crippen LogP contribution < -0.4 is 5.43 Å². The molecule has 1 amide bonds. The molecule has 0 aliphatic heterocycles. The Morgan fingerprint density at radius 3 is 2.37 bits per heavy atom. The van der Waals surface area contributed by atoms with Gasteiger partial charge in [-0.1, -0.05) is 65.9 Å². The van der Waals surface area contributed by atoms with Crippen LogP contribution in [0.4, 0.5) is 0 Å². The maximum Gasteiger partial charge on any atom is 0.241 e. The van der Waals surface area contributed by atoms with Gasteiger partial charge in [-0.15, -0.1) is 5.10 Å². The van der Waals surface area contributed by atoms with Gasteiger partial charge in [0.05, 0.1) is 18.3 Å². The van der Waals surface area contributed by atoms with Crippen LogP contribution in [0.2, 0.25) is 0 Å². The normalized spacial score (nSPS) is 11.6. The molecule has 0 aliphatic carbocycles. The van der Waals surface area contributed by atoms with E-state index in [1.807, 2.05) is 48.5 Å². The fourth-order valence-corrected chi connectivity index (χ4v) is 3.70. The number of carbonyl (C=O) groups is 1. The molecule has 0 unspecified atom stereocenters. The highest BCUT2D eigenvalue weighted by molar-refractivity contribution is 6.13. The van der Waals surface area contributed by atoms with Gasteiger partial charge < -0.3 is 0 Å². The number of aromatic nitrogens is 3. The maximum atomic E-state index is 12.3. The lowest BCUT2D eigenvalue weighted by Gasteiger charge is -2.08. The van der Waals surface area contributed by atoms with Crippen molar-refractivity contribution in [2.45, 2.75) is 13.0 Å². The number of nitrogens with zero attached hydrogens (tertiary/aromatic N) is 4. The van der Waals surface area contributed by atoms with Crippen LogP contribution in [0.3, 0.4) is 0 Å².